The summed E-state index contributed by atoms with van der Waals surface area (Å²) in [6.45, 7) is 1.88. The Balaban J connectivity index is 3.05. The van der Waals surface area contributed by atoms with Crippen LogP contribution in [0.25, 0.3) is 0 Å². The van der Waals surface area contributed by atoms with Crippen molar-refractivity contribution in [3.8, 4) is 12.3 Å². The molecule has 0 aliphatic carbocycles. The summed E-state index contributed by atoms with van der Waals surface area (Å²) >= 11 is 5.80. The molecule has 0 fully saturated rings. The van der Waals surface area contributed by atoms with Crippen molar-refractivity contribution in [2.75, 3.05) is 0 Å². The molecule has 0 spiro atoms. The third-order valence-corrected chi connectivity index (χ3v) is 3.77. The van der Waals surface area contributed by atoms with Crippen LogP contribution < -0.4 is 10.5 Å². The van der Waals surface area contributed by atoms with Gasteiger partial charge in [-0.2, -0.15) is 0 Å². The average Bonchev–Trinajstić information content (AvgIpc) is 2.36. The van der Waals surface area contributed by atoms with E-state index in [1.165, 1.54) is 18.2 Å². The second-order valence-electron chi connectivity index (χ2n) is 4.21. The first-order valence-electron chi connectivity index (χ1n) is 5.85. The predicted molar refractivity (Wildman–Crippen MR) is 77.8 cm³/mol. The number of carbonyl (C=O) groups excluding carboxylic acids is 1. The second kappa shape index (κ2) is 6.75. The number of carbonyl (C=O) groups is 1. The molecule has 0 saturated carbocycles. The minimum absolute atomic E-state index is 0.117. The van der Waals surface area contributed by atoms with Crippen molar-refractivity contribution in [3.63, 3.8) is 0 Å². The quantitative estimate of drug-likeness (QED) is 0.807. The maximum atomic E-state index is 12.0. The van der Waals surface area contributed by atoms with E-state index in [0.717, 1.165) is 0 Å². The molecule has 1 rings (SSSR count). The maximum absolute atomic E-state index is 12.0. The summed E-state index contributed by atoms with van der Waals surface area (Å²) in [6, 6.07) is 3.56. The SMILES string of the molecule is C#CCC(CC)NC(=O)c1cc(Cl)cc(S(N)(=O)=O)c1. The molecular formula is C13H15ClN2O3S. The lowest BCUT2D eigenvalue weighted by Gasteiger charge is -2.14. The molecule has 0 radical (unpaired) electrons. The summed E-state index contributed by atoms with van der Waals surface area (Å²) < 4.78 is 22.6. The fourth-order valence-electron chi connectivity index (χ4n) is 1.57. The number of hydrogen-bond donors (Lipinski definition) is 2. The number of sulfonamides is 1. The smallest absolute Gasteiger partial charge is 0.251 e. The second-order valence-corrected chi connectivity index (χ2v) is 6.21. The summed E-state index contributed by atoms with van der Waals surface area (Å²) in [5.74, 6) is 2.02. The number of benzene rings is 1. The molecule has 1 aromatic rings. The van der Waals surface area contributed by atoms with Crippen LogP contribution in [-0.4, -0.2) is 20.4 Å². The molecule has 1 unspecified atom stereocenters. The number of amides is 1. The zero-order valence-electron chi connectivity index (χ0n) is 10.9. The molecule has 0 aliphatic rings. The highest BCUT2D eigenvalue weighted by molar-refractivity contribution is 7.89. The van der Waals surface area contributed by atoms with Crippen molar-refractivity contribution in [1.29, 1.82) is 0 Å². The van der Waals surface area contributed by atoms with Crippen LogP contribution in [0.3, 0.4) is 0 Å². The van der Waals surface area contributed by atoms with Crippen LogP contribution in [0.5, 0.6) is 0 Å². The van der Waals surface area contributed by atoms with Gasteiger partial charge >= 0.3 is 0 Å². The standard InChI is InChI=1S/C13H15ClN2O3S/c1-3-5-11(4-2)16-13(17)9-6-10(14)8-12(7-9)20(15,18)19/h1,6-8,11H,4-5H2,2H3,(H,16,17)(H2,15,18,19). The highest BCUT2D eigenvalue weighted by atomic mass is 35.5. The average molecular weight is 315 g/mol. The first-order chi connectivity index (χ1) is 9.27. The summed E-state index contributed by atoms with van der Waals surface area (Å²) in [4.78, 5) is 11.8. The predicted octanol–water partition coefficient (Wildman–Crippen LogP) is 1.52. The fourth-order valence-corrected chi connectivity index (χ4v) is 2.45. The minimum atomic E-state index is -3.92. The Morgan fingerprint density at radius 2 is 2.15 bits per heavy atom. The first-order valence-corrected chi connectivity index (χ1v) is 7.78. The van der Waals surface area contributed by atoms with Gasteiger partial charge in [0.15, 0.2) is 0 Å². The third kappa shape index (κ3) is 4.53. The van der Waals surface area contributed by atoms with E-state index in [1.807, 2.05) is 6.92 Å². The van der Waals surface area contributed by atoms with Crippen molar-refractivity contribution >= 4 is 27.5 Å². The van der Waals surface area contributed by atoms with E-state index in [0.29, 0.717) is 12.8 Å². The Morgan fingerprint density at radius 3 is 2.65 bits per heavy atom. The van der Waals surface area contributed by atoms with Crippen LogP contribution in [-0.2, 0) is 10.0 Å². The van der Waals surface area contributed by atoms with Crippen LogP contribution >= 0.6 is 11.6 Å². The van der Waals surface area contributed by atoms with E-state index >= 15 is 0 Å². The van der Waals surface area contributed by atoms with E-state index in [2.05, 4.69) is 11.2 Å². The zero-order chi connectivity index (χ0) is 15.3. The van der Waals surface area contributed by atoms with Gasteiger partial charge < -0.3 is 5.32 Å². The van der Waals surface area contributed by atoms with E-state index < -0.39 is 15.9 Å². The molecule has 108 valence electrons. The number of hydrogen-bond acceptors (Lipinski definition) is 3. The summed E-state index contributed by atoms with van der Waals surface area (Å²) in [7, 11) is -3.92. The Hall–Kier alpha value is -1.55. The van der Waals surface area contributed by atoms with Crippen molar-refractivity contribution in [2.24, 2.45) is 5.14 Å². The molecule has 3 N–H and O–H groups in total. The lowest BCUT2D eigenvalue weighted by Crippen LogP contribution is -2.34. The molecule has 1 atom stereocenters. The summed E-state index contributed by atoms with van der Waals surface area (Å²) in [5, 5.41) is 7.86. The molecule has 0 saturated heterocycles. The fraction of sp³-hybridized carbons (Fsp3) is 0.308. The van der Waals surface area contributed by atoms with Crippen molar-refractivity contribution in [1.82, 2.24) is 5.32 Å². The van der Waals surface area contributed by atoms with Crippen LogP contribution in [0, 0.1) is 12.3 Å². The van der Waals surface area contributed by atoms with Gasteiger partial charge in [-0.15, -0.1) is 12.3 Å². The van der Waals surface area contributed by atoms with Gasteiger partial charge in [0.1, 0.15) is 0 Å². The number of halogens is 1. The maximum Gasteiger partial charge on any atom is 0.251 e. The van der Waals surface area contributed by atoms with Crippen LogP contribution in [0.2, 0.25) is 5.02 Å². The number of nitrogens with one attached hydrogen (secondary N) is 1. The Bertz CT molecular complexity index is 650. The number of nitrogens with two attached hydrogens (primary N) is 1. The molecule has 0 aromatic heterocycles. The normalized spacial score (nSPS) is 12.5. The van der Waals surface area contributed by atoms with Crippen LogP contribution in [0.4, 0.5) is 0 Å². The molecule has 0 heterocycles. The Labute approximate surface area is 123 Å². The van der Waals surface area contributed by atoms with Gasteiger partial charge in [-0.3, -0.25) is 4.79 Å². The van der Waals surface area contributed by atoms with Gasteiger partial charge in [0, 0.05) is 23.0 Å². The summed E-state index contributed by atoms with van der Waals surface area (Å²) in [6.07, 6.45) is 6.27. The molecule has 5 nitrogen and oxygen atoms in total. The lowest BCUT2D eigenvalue weighted by atomic mass is 10.1. The lowest BCUT2D eigenvalue weighted by molar-refractivity contribution is 0.0936. The monoisotopic (exact) mass is 314 g/mol. The Morgan fingerprint density at radius 1 is 1.50 bits per heavy atom. The van der Waals surface area contributed by atoms with Gasteiger partial charge in [-0.25, -0.2) is 13.6 Å². The van der Waals surface area contributed by atoms with Gasteiger partial charge in [0.05, 0.1) is 4.90 Å². The van der Waals surface area contributed by atoms with Crippen molar-refractivity contribution < 1.29 is 13.2 Å². The molecular weight excluding hydrogens is 300 g/mol. The Kier molecular flexibility index (Phi) is 5.57. The largest absolute Gasteiger partial charge is 0.348 e. The molecule has 7 heteroatoms. The first kappa shape index (κ1) is 16.5. The zero-order valence-corrected chi connectivity index (χ0v) is 12.5. The van der Waals surface area contributed by atoms with E-state index in [1.54, 1.807) is 0 Å². The molecule has 1 amide bonds. The third-order valence-electron chi connectivity index (χ3n) is 2.65. The number of terminal acetylenes is 1. The number of rotatable bonds is 5. The van der Waals surface area contributed by atoms with E-state index in [-0.39, 0.29) is 21.5 Å². The highest BCUT2D eigenvalue weighted by Gasteiger charge is 2.16. The van der Waals surface area contributed by atoms with E-state index in [4.69, 9.17) is 23.2 Å². The van der Waals surface area contributed by atoms with Gasteiger partial charge in [-0.05, 0) is 24.6 Å². The molecule has 20 heavy (non-hydrogen) atoms. The van der Waals surface area contributed by atoms with E-state index in [9.17, 15) is 13.2 Å². The molecule has 1 aromatic carbocycles. The van der Waals surface area contributed by atoms with Gasteiger partial charge in [0.25, 0.3) is 5.91 Å². The topological polar surface area (TPSA) is 89.3 Å². The molecule has 0 bridgehead atoms. The van der Waals surface area contributed by atoms with Crippen molar-refractivity contribution in [2.45, 2.75) is 30.7 Å². The van der Waals surface area contributed by atoms with Gasteiger partial charge in [-0.1, -0.05) is 18.5 Å². The number of primary sulfonamides is 1. The van der Waals surface area contributed by atoms with Crippen LogP contribution in [0.15, 0.2) is 23.1 Å². The highest BCUT2D eigenvalue weighted by Crippen LogP contribution is 2.18. The van der Waals surface area contributed by atoms with Gasteiger partial charge in [0.2, 0.25) is 10.0 Å². The summed E-state index contributed by atoms with van der Waals surface area (Å²) in [5.41, 5.74) is 0.122. The van der Waals surface area contributed by atoms with Crippen molar-refractivity contribution in [3.05, 3.63) is 28.8 Å². The van der Waals surface area contributed by atoms with Crippen LogP contribution in [0.1, 0.15) is 30.1 Å². The molecule has 0 aliphatic heterocycles. The minimum Gasteiger partial charge on any atom is -0.348 e.